The van der Waals surface area contributed by atoms with E-state index in [1.165, 1.54) is 32.1 Å². The summed E-state index contributed by atoms with van der Waals surface area (Å²) < 4.78 is 0. The molecular formula is C16H29NO3. The largest absolute Gasteiger partial charge is 0.480 e. The summed E-state index contributed by atoms with van der Waals surface area (Å²) in [4.78, 5) is 23.2. The zero-order chi connectivity index (χ0) is 14.8. The zero-order valence-electron chi connectivity index (χ0n) is 12.7. The molecule has 0 atom stereocenters. The highest BCUT2D eigenvalue weighted by Gasteiger charge is 2.42. The van der Waals surface area contributed by atoms with Gasteiger partial charge in [0.2, 0.25) is 5.91 Å². The summed E-state index contributed by atoms with van der Waals surface area (Å²) in [5.74, 6) is -0.967. The topological polar surface area (TPSA) is 66.4 Å². The first-order valence-corrected chi connectivity index (χ1v) is 8.15. The summed E-state index contributed by atoms with van der Waals surface area (Å²) in [5.41, 5.74) is -0.974. The maximum Gasteiger partial charge on any atom is 0.329 e. The van der Waals surface area contributed by atoms with Crippen LogP contribution in [0.3, 0.4) is 0 Å². The van der Waals surface area contributed by atoms with Crippen LogP contribution in [0.2, 0.25) is 0 Å². The first-order valence-electron chi connectivity index (χ1n) is 8.15. The molecule has 0 heterocycles. The van der Waals surface area contributed by atoms with Crippen molar-refractivity contribution < 1.29 is 14.7 Å². The first-order chi connectivity index (χ1) is 9.60. The number of carboxylic acids is 1. The van der Waals surface area contributed by atoms with E-state index in [0.717, 1.165) is 25.7 Å². The molecule has 1 aliphatic carbocycles. The van der Waals surface area contributed by atoms with E-state index in [0.29, 0.717) is 19.3 Å². The second-order valence-corrected chi connectivity index (χ2v) is 6.01. The second kappa shape index (κ2) is 8.98. The van der Waals surface area contributed by atoms with Crippen LogP contribution >= 0.6 is 0 Å². The smallest absolute Gasteiger partial charge is 0.329 e. The minimum atomic E-state index is -0.974. The zero-order valence-corrected chi connectivity index (χ0v) is 12.7. The molecule has 0 aliphatic heterocycles. The average Bonchev–Trinajstić information content (AvgIpc) is 2.87. The molecule has 0 aromatic carbocycles. The third-order valence-corrected chi connectivity index (χ3v) is 4.25. The molecule has 4 heteroatoms. The number of hydrogen-bond acceptors (Lipinski definition) is 2. The Morgan fingerprint density at radius 2 is 1.55 bits per heavy atom. The molecule has 20 heavy (non-hydrogen) atoms. The molecule has 0 bridgehead atoms. The molecule has 0 radical (unpaired) electrons. The van der Waals surface area contributed by atoms with Crippen LogP contribution in [0.5, 0.6) is 0 Å². The average molecular weight is 283 g/mol. The highest BCUT2D eigenvalue weighted by Crippen LogP contribution is 2.30. The lowest BCUT2D eigenvalue weighted by Crippen LogP contribution is -2.52. The van der Waals surface area contributed by atoms with Crippen LogP contribution in [-0.2, 0) is 9.59 Å². The maximum absolute atomic E-state index is 11.9. The molecule has 2 N–H and O–H groups in total. The number of hydrogen-bond donors (Lipinski definition) is 2. The lowest BCUT2D eigenvalue weighted by molar-refractivity contribution is -0.147. The molecule has 116 valence electrons. The lowest BCUT2D eigenvalue weighted by atomic mass is 9.97. The van der Waals surface area contributed by atoms with Crippen molar-refractivity contribution in [2.75, 3.05) is 0 Å². The molecule has 0 saturated heterocycles. The molecule has 1 saturated carbocycles. The van der Waals surface area contributed by atoms with E-state index >= 15 is 0 Å². The number of carbonyl (C=O) groups excluding carboxylic acids is 1. The van der Waals surface area contributed by atoms with E-state index in [-0.39, 0.29) is 5.91 Å². The molecule has 1 fully saturated rings. The second-order valence-electron chi connectivity index (χ2n) is 6.01. The lowest BCUT2D eigenvalue weighted by Gasteiger charge is -2.25. The van der Waals surface area contributed by atoms with Gasteiger partial charge in [-0.15, -0.1) is 0 Å². The van der Waals surface area contributed by atoms with Crippen LogP contribution in [0.1, 0.15) is 84.0 Å². The third kappa shape index (κ3) is 5.51. The Balaban J connectivity index is 2.15. The van der Waals surface area contributed by atoms with Gasteiger partial charge in [0, 0.05) is 6.42 Å². The monoisotopic (exact) mass is 283 g/mol. The highest BCUT2D eigenvalue weighted by molar-refractivity contribution is 5.87. The number of aliphatic carboxylic acids is 1. The molecule has 0 aromatic heterocycles. The van der Waals surface area contributed by atoms with Gasteiger partial charge in [-0.2, -0.15) is 0 Å². The number of carboxylic acid groups (broad SMARTS) is 1. The maximum atomic E-state index is 11.9. The Labute approximate surface area is 122 Å². The summed E-state index contributed by atoms with van der Waals surface area (Å²) in [6.07, 6.45) is 11.6. The SMILES string of the molecule is CCCCCCCCCC(=O)NC1(C(=O)O)CCCC1. The van der Waals surface area contributed by atoms with Gasteiger partial charge < -0.3 is 10.4 Å². The third-order valence-electron chi connectivity index (χ3n) is 4.25. The van der Waals surface area contributed by atoms with Crippen LogP contribution < -0.4 is 5.32 Å². The van der Waals surface area contributed by atoms with Gasteiger partial charge in [0.25, 0.3) is 0 Å². The minimum Gasteiger partial charge on any atom is -0.480 e. The number of amides is 1. The van der Waals surface area contributed by atoms with Crippen LogP contribution in [0.15, 0.2) is 0 Å². The van der Waals surface area contributed by atoms with Gasteiger partial charge in [-0.1, -0.05) is 58.3 Å². The normalized spacial score (nSPS) is 17.1. The highest BCUT2D eigenvalue weighted by atomic mass is 16.4. The van der Waals surface area contributed by atoms with Gasteiger partial charge in [0.15, 0.2) is 0 Å². The van der Waals surface area contributed by atoms with Crippen molar-refractivity contribution in [1.29, 1.82) is 0 Å². The van der Waals surface area contributed by atoms with E-state index < -0.39 is 11.5 Å². The number of nitrogens with one attached hydrogen (secondary N) is 1. The van der Waals surface area contributed by atoms with Crippen molar-refractivity contribution in [1.82, 2.24) is 5.32 Å². The predicted molar refractivity (Wildman–Crippen MR) is 79.6 cm³/mol. The van der Waals surface area contributed by atoms with Gasteiger partial charge >= 0.3 is 5.97 Å². The summed E-state index contributed by atoms with van der Waals surface area (Å²) >= 11 is 0. The number of carbonyl (C=O) groups is 2. The van der Waals surface area contributed by atoms with Gasteiger partial charge in [0.1, 0.15) is 5.54 Å². The van der Waals surface area contributed by atoms with Gasteiger partial charge in [-0.25, -0.2) is 4.79 Å². The fraction of sp³-hybridized carbons (Fsp3) is 0.875. The van der Waals surface area contributed by atoms with Gasteiger partial charge in [-0.05, 0) is 19.3 Å². The Morgan fingerprint density at radius 1 is 1.00 bits per heavy atom. The Kier molecular flexibility index (Phi) is 7.63. The Bertz CT molecular complexity index is 309. The van der Waals surface area contributed by atoms with E-state index in [9.17, 15) is 14.7 Å². The number of rotatable bonds is 10. The Morgan fingerprint density at radius 3 is 2.10 bits per heavy atom. The van der Waals surface area contributed by atoms with E-state index in [4.69, 9.17) is 0 Å². The summed E-state index contributed by atoms with van der Waals surface area (Å²) in [6, 6.07) is 0. The van der Waals surface area contributed by atoms with Crippen LogP contribution in [-0.4, -0.2) is 22.5 Å². The van der Waals surface area contributed by atoms with Crippen molar-refractivity contribution in [3.63, 3.8) is 0 Å². The quantitative estimate of drug-likeness (QED) is 0.601. The van der Waals surface area contributed by atoms with Crippen LogP contribution in [0, 0.1) is 0 Å². The predicted octanol–water partition coefficient (Wildman–Crippen LogP) is 3.64. The van der Waals surface area contributed by atoms with Crippen molar-refractivity contribution in [2.24, 2.45) is 0 Å². The van der Waals surface area contributed by atoms with E-state index in [1.807, 2.05) is 0 Å². The van der Waals surface area contributed by atoms with Gasteiger partial charge in [-0.3, -0.25) is 4.79 Å². The molecule has 1 aliphatic rings. The molecular weight excluding hydrogens is 254 g/mol. The first kappa shape index (κ1) is 17.0. The van der Waals surface area contributed by atoms with Crippen molar-refractivity contribution >= 4 is 11.9 Å². The fourth-order valence-electron chi connectivity index (χ4n) is 2.94. The molecule has 4 nitrogen and oxygen atoms in total. The molecule has 0 unspecified atom stereocenters. The molecule has 1 amide bonds. The van der Waals surface area contributed by atoms with E-state index in [2.05, 4.69) is 12.2 Å². The summed E-state index contributed by atoms with van der Waals surface area (Å²) in [7, 11) is 0. The van der Waals surface area contributed by atoms with Crippen LogP contribution in [0.4, 0.5) is 0 Å². The molecule has 0 aromatic rings. The summed E-state index contributed by atoms with van der Waals surface area (Å²) in [6.45, 7) is 2.20. The Hall–Kier alpha value is -1.06. The van der Waals surface area contributed by atoms with Crippen molar-refractivity contribution in [3.05, 3.63) is 0 Å². The minimum absolute atomic E-state index is 0.0946. The van der Waals surface area contributed by atoms with Crippen molar-refractivity contribution in [3.8, 4) is 0 Å². The van der Waals surface area contributed by atoms with Crippen LogP contribution in [0.25, 0.3) is 0 Å². The molecule has 1 rings (SSSR count). The molecule has 0 spiro atoms. The standard InChI is InChI=1S/C16H29NO3/c1-2-3-4-5-6-7-8-11-14(18)17-16(15(19)20)12-9-10-13-16/h2-13H2,1H3,(H,17,18)(H,19,20). The van der Waals surface area contributed by atoms with Gasteiger partial charge in [0.05, 0.1) is 0 Å². The summed E-state index contributed by atoms with van der Waals surface area (Å²) in [5, 5.41) is 12.1. The van der Waals surface area contributed by atoms with Crippen molar-refractivity contribution in [2.45, 2.75) is 89.5 Å². The fourth-order valence-corrected chi connectivity index (χ4v) is 2.94. The van der Waals surface area contributed by atoms with E-state index in [1.54, 1.807) is 0 Å². The number of unbranched alkanes of at least 4 members (excludes halogenated alkanes) is 6.